The number of halogens is 2. The van der Waals surface area contributed by atoms with Crippen molar-refractivity contribution in [1.29, 1.82) is 0 Å². The van der Waals surface area contributed by atoms with Crippen LogP contribution in [-0.4, -0.2) is 20.4 Å². The molecule has 0 amide bonds. The fourth-order valence-corrected chi connectivity index (χ4v) is 2.48. The Hall–Kier alpha value is -2.32. The van der Waals surface area contributed by atoms with Gasteiger partial charge in [-0.1, -0.05) is 37.0 Å². The average molecular weight is 399 g/mol. The third kappa shape index (κ3) is 4.44. The Kier molecular flexibility index (Phi) is 5.95. The van der Waals surface area contributed by atoms with E-state index in [9.17, 15) is 0 Å². The first-order valence-corrected chi connectivity index (χ1v) is 8.71. The van der Waals surface area contributed by atoms with Gasteiger partial charge in [-0.25, -0.2) is 0 Å². The lowest BCUT2D eigenvalue weighted by molar-refractivity contribution is 0.247. The Balaban J connectivity index is 1.67. The molecule has 3 aromatic rings. The van der Waals surface area contributed by atoms with Crippen molar-refractivity contribution in [2.75, 3.05) is 0 Å². The Morgan fingerprint density at radius 1 is 0.731 bits per heavy atom. The van der Waals surface area contributed by atoms with Gasteiger partial charge >= 0.3 is 0 Å². The van der Waals surface area contributed by atoms with Gasteiger partial charge in [-0.2, -0.15) is 0 Å². The quantitative estimate of drug-likeness (QED) is 0.560. The monoisotopic (exact) mass is 398 g/mol. The molecule has 8 nitrogen and oxygen atoms in total. The smallest absolute Gasteiger partial charge is 0.253 e. The summed E-state index contributed by atoms with van der Waals surface area (Å²) in [5, 5.41) is 16.2. The highest BCUT2D eigenvalue weighted by atomic mass is 35.5. The highest BCUT2D eigenvalue weighted by Gasteiger charge is 2.13. The maximum atomic E-state index is 6.17. The highest BCUT2D eigenvalue weighted by Crippen LogP contribution is 2.36. The molecule has 0 N–H and O–H groups in total. The van der Waals surface area contributed by atoms with Gasteiger partial charge in [0, 0.05) is 18.9 Å². The predicted octanol–water partition coefficient (Wildman–Crippen LogP) is 4.04. The molecule has 10 heteroatoms. The van der Waals surface area contributed by atoms with Gasteiger partial charge in [0.1, 0.15) is 11.5 Å². The molecular weight excluding hydrogens is 383 g/mol. The normalized spacial score (nSPS) is 10.9. The molecule has 26 heavy (non-hydrogen) atoms. The lowest BCUT2D eigenvalue weighted by Gasteiger charge is -2.11. The summed E-state index contributed by atoms with van der Waals surface area (Å²) in [5.74, 6) is 2.55. The van der Waals surface area contributed by atoms with Gasteiger partial charge in [0.05, 0.1) is 10.0 Å². The Morgan fingerprint density at radius 3 is 1.54 bits per heavy atom. The van der Waals surface area contributed by atoms with E-state index in [4.69, 9.17) is 41.5 Å². The van der Waals surface area contributed by atoms with Crippen LogP contribution < -0.4 is 9.47 Å². The van der Waals surface area contributed by atoms with Crippen LogP contribution in [0.15, 0.2) is 21.0 Å². The lowest BCUT2D eigenvalue weighted by atomic mass is 10.3. The number of aromatic nitrogens is 4. The van der Waals surface area contributed by atoms with E-state index in [0.717, 1.165) is 0 Å². The molecule has 0 atom stereocenters. The summed E-state index contributed by atoms with van der Waals surface area (Å²) < 4.78 is 22.0. The van der Waals surface area contributed by atoms with Crippen LogP contribution in [0.5, 0.6) is 11.5 Å². The molecule has 0 unspecified atom stereocenters. The van der Waals surface area contributed by atoms with Crippen molar-refractivity contribution in [3.8, 4) is 11.5 Å². The summed E-state index contributed by atoms with van der Waals surface area (Å²) >= 11 is 12.3. The second kappa shape index (κ2) is 8.37. The first-order chi connectivity index (χ1) is 12.6. The Labute approximate surface area is 159 Å². The van der Waals surface area contributed by atoms with Crippen LogP contribution in [0, 0.1) is 0 Å². The molecule has 2 heterocycles. The fourth-order valence-electron chi connectivity index (χ4n) is 1.99. The van der Waals surface area contributed by atoms with Crippen LogP contribution in [0.25, 0.3) is 0 Å². The minimum Gasteiger partial charge on any atom is -0.482 e. The second-order valence-electron chi connectivity index (χ2n) is 5.18. The van der Waals surface area contributed by atoms with E-state index in [1.807, 2.05) is 13.8 Å². The third-order valence-corrected chi connectivity index (χ3v) is 3.90. The number of aryl methyl sites for hydroxylation is 2. The zero-order valence-electron chi connectivity index (χ0n) is 14.2. The molecule has 1 aromatic carbocycles. The van der Waals surface area contributed by atoms with Crippen molar-refractivity contribution in [3.63, 3.8) is 0 Å². The van der Waals surface area contributed by atoms with E-state index in [1.54, 1.807) is 6.07 Å². The van der Waals surface area contributed by atoms with Crippen molar-refractivity contribution in [1.82, 2.24) is 20.4 Å². The molecule has 3 rings (SSSR count). The van der Waals surface area contributed by atoms with Crippen LogP contribution >= 0.6 is 23.2 Å². The zero-order valence-corrected chi connectivity index (χ0v) is 15.7. The van der Waals surface area contributed by atoms with Crippen LogP contribution in [0.2, 0.25) is 10.0 Å². The zero-order chi connectivity index (χ0) is 18.5. The summed E-state index contributed by atoms with van der Waals surface area (Å²) in [5.41, 5.74) is 0. The highest BCUT2D eigenvalue weighted by molar-refractivity contribution is 6.36. The molecular formula is C16H16Cl2N4O4. The van der Waals surface area contributed by atoms with E-state index in [-0.39, 0.29) is 13.2 Å². The van der Waals surface area contributed by atoms with Gasteiger partial charge < -0.3 is 18.3 Å². The van der Waals surface area contributed by atoms with Crippen molar-refractivity contribution >= 4 is 23.2 Å². The van der Waals surface area contributed by atoms with Gasteiger partial charge in [0.2, 0.25) is 11.8 Å². The van der Waals surface area contributed by atoms with Gasteiger partial charge in [-0.3, -0.25) is 0 Å². The van der Waals surface area contributed by atoms with Crippen LogP contribution in [0.1, 0.15) is 37.4 Å². The minimum absolute atomic E-state index is 0.0807. The SMILES string of the molecule is CCc1nnc(COc2cc(OCc3nnc(CC)o3)c(Cl)cc2Cl)o1. The summed E-state index contributed by atoms with van der Waals surface area (Å²) in [4.78, 5) is 0. The van der Waals surface area contributed by atoms with E-state index >= 15 is 0 Å². The van der Waals surface area contributed by atoms with Crippen LogP contribution in [-0.2, 0) is 26.1 Å². The molecule has 0 bridgehead atoms. The summed E-state index contributed by atoms with van der Waals surface area (Å²) in [6.45, 7) is 4.00. The number of hydrogen-bond acceptors (Lipinski definition) is 8. The van der Waals surface area contributed by atoms with Gasteiger partial charge in [-0.05, 0) is 6.07 Å². The largest absolute Gasteiger partial charge is 0.482 e. The molecule has 0 fully saturated rings. The van der Waals surface area contributed by atoms with Crippen LogP contribution in [0.4, 0.5) is 0 Å². The molecule has 0 saturated carbocycles. The lowest BCUT2D eigenvalue weighted by Crippen LogP contribution is -1.99. The standard InChI is InChI=1S/C16H16Cl2N4O4/c1-3-13-19-21-15(25-13)7-23-11-6-12(10(18)5-9(11)17)24-8-16-22-20-14(4-2)26-16/h5-6H,3-4,7-8H2,1-2H3. The first-order valence-electron chi connectivity index (χ1n) is 7.96. The summed E-state index contributed by atoms with van der Waals surface area (Å²) in [6, 6.07) is 3.11. The summed E-state index contributed by atoms with van der Waals surface area (Å²) in [7, 11) is 0. The molecule has 0 aliphatic heterocycles. The molecule has 0 spiro atoms. The number of benzene rings is 1. The van der Waals surface area contributed by atoms with E-state index < -0.39 is 0 Å². The fraction of sp³-hybridized carbons (Fsp3) is 0.375. The Bertz CT molecular complexity index is 814. The number of nitrogens with zero attached hydrogens (tertiary/aromatic N) is 4. The molecule has 0 radical (unpaired) electrons. The third-order valence-electron chi connectivity index (χ3n) is 3.31. The minimum atomic E-state index is 0.0807. The van der Waals surface area contributed by atoms with E-state index in [1.165, 1.54) is 6.07 Å². The van der Waals surface area contributed by atoms with E-state index in [2.05, 4.69) is 20.4 Å². The molecule has 2 aromatic heterocycles. The predicted molar refractivity (Wildman–Crippen MR) is 92.5 cm³/mol. The van der Waals surface area contributed by atoms with Crippen molar-refractivity contribution in [3.05, 3.63) is 45.7 Å². The molecule has 0 aliphatic carbocycles. The topological polar surface area (TPSA) is 96.3 Å². The van der Waals surface area contributed by atoms with Crippen LogP contribution in [0.3, 0.4) is 0 Å². The summed E-state index contributed by atoms with van der Waals surface area (Å²) in [6.07, 6.45) is 1.31. The van der Waals surface area contributed by atoms with Gasteiger partial charge in [0.25, 0.3) is 11.8 Å². The molecule has 0 saturated heterocycles. The molecule has 0 aliphatic rings. The Morgan fingerprint density at radius 2 is 1.15 bits per heavy atom. The maximum absolute atomic E-state index is 6.17. The number of hydrogen-bond donors (Lipinski definition) is 0. The molecule has 138 valence electrons. The number of rotatable bonds is 8. The van der Waals surface area contributed by atoms with E-state index in [0.29, 0.717) is 57.9 Å². The van der Waals surface area contributed by atoms with Crippen molar-refractivity contribution in [2.45, 2.75) is 39.9 Å². The average Bonchev–Trinajstić information content (AvgIpc) is 3.29. The first kappa shape index (κ1) is 18.5. The van der Waals surface area contributed by atoms with Crippen molar-refractivity contribution in [2.24, 2.45) is 0 Å². The second-order valence-corrected chi connectivity index (χ2v) is 5.99. The number of ether oxygens (including phenoxy) is 2. The van der Waals surface area contributed by atoms with Gasteiger partial charge in [0.15, 0.2) is 13.2 Å². The van der Waals surface area contributed by atoms with Crippen molar-refractivity contribution < 1.29 is 18.3 Å². The van der Waals surface area contributed by atoms with Gasteiger partial charge in [-0.15, -0.1) is 20.4 Å². The maximum Gasteiger partial charge on any atom is 0.253 e.